The highest BCUT2D eigenvalue weighted by molar-refractivity contribution is 7.89. The quantitative estimate of drug-likeness (QED) is 0.810. The van der Waals surface area contributed by atoms with Crippen LogP contribution in [-0.2, 0) is 10.0 Å². The molecule has 20 heavy (non-hydrogen) atoms. The number of hydrogen-bond donors (Lipinski definition) is 2. The maximum atomic E-state index is 12.2. The Morgan fingerprint density at radius 2 is 2.00 bits per heavy atom. The summed E-state index contributed by atoms with van der Waals surface area (Å²) in [6.07, 6.45) is 1.73. The van der Waals surface area contributed by atoms with Crippen molar-refractivity contribution in [2.75, 3.05) is 0 Å². The van der Waals surface area contributed by atoms with E-state index in [2.05, 4.69) is 18.6 Å². The zero-order chi connectivity index (χ0) is 15.3. The van der Waals surface area contributed by atoms with E-state index in [1.165, 1.54) is 24.3 Å². The molecule has 0 amide bonds. The summed E-state index contributed by atoms with van der Waals surface area (Å²) in [6.45, 7) is 5.93. The maximum Gasteiger partial charge on any atom is 0.335 e. The topological polar surface area (TPSA) is 83.5 Å². The number of carboxylic acid groups (broad SMARTS) is 1. The average molecular weight is 299 g/mol. The molecule has 1 aromatic rings. The smallest absolute Gasteiger partial charge is 0.335 e. The van der Waals surface area contributed by atoms with Crippen LogP contribution in [0.25, 0.3) is 0 Å². The third-order valence-electron chi connectivity index (χ3n) is 3.20. The lowest BCUT2D eigenvalue weighted by Crippen LogP contribution is -2.33. The molecule has 5 nitrogen and oxygen atoms in total. The van der Waals surface area contributed by atoms with Gasteiger partial charge in [0.2, 0.25) is 10.0 Å². The molecule has 0 aliphatic heterocycles. The summed E-state index contributed by atoms with van der Waals surface area (Å²) in [7, 11) is -3.68. The molecule has 0 bridgehead atoms. The number of carboxylic acids is 1. The molecule has 1 aromatic carbocycles. The first-order valence-electron chi connectivity index (χ1n) is 6.62. The van der Waals surface area contributed by atoms with Crippen LogP contribution in [0, 0.1) is 5.92 Å². The van der Waals surface area contributed by atoms with Gasteiger partial charge in [-0.1, -0.05) is 26.3 Å². The van der Waals surface area contributed by atoms with Crippen LogP contribution in [0.5, 0.6) is 0 Å². The zero-order valence-electron chi connectivity index (χ0n) is 12.0. The Kier molecular flexibility index (Phi) is 5.71. The molecule has 0 aromatic heterocycles. The second-order valence-corrected chi connectivity index (χ2v) is 6.82. The Balaban J connectivity index is 2.88. The number of carbonyl (C=O) groups is 1. The van der Waals surface area contributed by atoms with Crippen molar-refractivity contribution in [3.8, 4) is 0 Å². The van der Waals surface area contributed by atoms with Gasteiger partial charge >= 0.3 is 5.97 Å². The van der Waals surface area contributed by atoms with Gasteiger partial charge in [0.1, 0.15) is 0 Å². The fourth-order valence-corrected chi connectivity index (χ4v) is 3.25. The van der Waals surface area contributed by atoms with Crippen molar-refractivity contribution in [2.45, 2.75) is 44.6 Å². The van der Waals surface area contributed by atoms with Crippen molar-refractivity contribution in [2.24, 2.45) is 5.92 Å². The first-order valence-corrected chi connectivity index (χ1v) is 8.10. The Morgan fingerprint density at radius 1 is 1.35 bits per heavy atom. The van der Waals surface area contributed by atoms with E-state index >= 15 is 0 Å². The Bertz CT molecular complexity index is 568. The number of rotatable bonds is 7. The van der Waals surface area contributed by atoms with Crippen LogP contribution in [0.15, 0.2) is 29.2 Å². The van der Waals surface area contributed by atoms with Gasteiger partial charge in [-0.25, -0.2) is 17.9 Å². The van der Waals surface area contributed by atoms with Gasteiger partial charge in [0, 0.05) is 6.04 Å². The van der Waals surface area contributed by atoms with Crippen LogP contribution in [0.4, 0.5) is 0 Å². The van der Waals surface area contributed by atoms with Gasteiger partial charge in [0.05, 0.1) is 10.5 Å². The Hall–Kier alpha value is -1.40. The van der Waals surface area contributed by atoms with Crippen molar-refractivity contribution >= 4 is 16.0 Å². The molecule has 0 saturated heterocycles. The van der Waals surface area contributed by atoms with Crippen LogP contribution in [0.1, 0.15) is 44.0 Å². The second-order valence-electron chi connectivity index (χ2n) is 5.10. The van der Waals surface area contributed by atoms with Gasteiger partial charge in [-0.2, -0.15) is 0 Å². The lowest BCUT2D eigenvalue weighted by Gasteiger charge is -2.17. The highest BCUT2D eigenvalue weighted by Crippen LogP contribution is 2.15. The zero-order valence-corrected chi connectivity index (χ0v) is 12.8. The number of benzene rings is 1. The van der Waals surface area contributed by atoms with E-state index in [0.29, 0.717) is 5.92 Å². The fourth-order valence-electron chi connectivity index (χ4n) is 1.95. The average Bonchev–Trinajstić information content (AvgIpc) is 2.37. The van der Waals surface area contributed by atoms with Crippen LogP contribution in [-0.4, -0.2) is 25.5 Å². The van der Waals surface area contributed by atoms with E-state index in [4.69, 9.17) is 5.11 Å². The monoisotopic (exact) mass is 299 g/mol. The van der Waals surface area contributed by atoms with Crippen molar-refractivity contribution in [3.63, 3.8) is 0 Å². The predicted octanol–water partition coefficient (Wildman–Crippen LogP) is 2.49. The third kappa shape index (κ3) is 4.61. The molecule has 0 saturated carbocycles. The summed E-state index contributed by atoms with van der Waals surface area (Å²) in [5.74, 6) is -0.715. The molecule has 0 fully saturated rings. The lowest BCUT2D eigenvalue weighted by atomic mass is 10.0. The van der Waals surface area contributed by atoms with E-state index < -0.39 is 16.0 Å². The number of aromatic carboxylic acids is 1. The summed E-state index contributed by atoms with van der Waals surface area (Å²) in [5.41, 5.74) is -0.0394. The van der Waals surface area contributed by atoms with E-state index in [-0.39, 0.29) is 16.5 Å². The minimum absolute atomic E-state index is 0.0200. The van der Waals surface area contributed by atoms with Crippen LogP contribution >= 0.6 is 0 Å². The lowest BCUT2D eigenvalue weighted by molar-refractivity contribution is 0.0696. The van der Waals surface area contributed by atoms with E-state index in [0.717, 1.165) is 12.8 Å². The van der Waals surface area contributed by atoms with Gasteiger partial charge in [-0.3, -0.25) is 0 Å². The van der Waals surface area contributed by atoms with Crippen molar-refractivity contribution in [1.29, 1.82) is 0 Å². The molecule has 0 spiro atoms. The summed E-state index contributed by atoms with van der Waals surface area (Å²) in [4.78, 5) is 10.9. The molecule has 0 aliphatic carbocycles. The van der Waals surface area contributed by atoms with E-state index in [9.17, 15) is 13.2 Å². The van der Waals surface area contributed by atoms with Gasteiger partial charge in [0.25, 0.3) is 0 Å². The standard InChI is InChI=1S/C14H21NO4S/c1-4-10(2)8-11(3)15-20(18,19)13-7-5-6-12(9-13)14(16)17/h5-7,9-11,15H,4,8H2,1-3H3,(H,16,17). The SMILES string of the molecule is CCC(C)CC(C)NS(=O)(=O)c1cccc(C(=O)O)c1. The van der Waals surface area contributed by atoms with E-state index in [1.807, 2.05) is 6.92 Å². The highest BCUT2D eigenvalue weighted by atomic mass is 32.2. The molecule has 0 aliphatic rings. The van der Waals surface area contributed by atoms with E-state index in [1.54, 1.807) is 0 Å². The minimum Gasteiger partial charge on any atom is -0.478 e. The summed E-state index contributed by atoms with van der Waals surface area (Å²) >= 11 is 0. The van der Waals surface area contributed by atoms with Gasteiger partial charge in [0.15, 0.2) is 0 Å². The van der Waals surface area contributed by atoms with Crippen LogP contribution in [0.2, 0.25) is 0 Å². The Labute approximate surface area is 120 Å². The third-order valence-corrected chi connectivity index (χ3v) is 4.79. The van der Waals surface area contributed by atoms with Gasteiger partial charge in [-0.05, 0) is 37.5 Å². The molecular weight excluding hydrogens is 278 g/mol. The first kappa shape index (κ1) is 16.7. The molecule has 1 rings (SSSR count). The largest absolute Gasteiger partial charge is 0.478 e. The Morgan fingerprint density at radius 3 is 2.55 bits per heavy atom. The van der Waals surface area contributed by atoms with Crippen LogP contribution in [0.3, 0.4) is 0 Å². The number of sulfonamides is 1. The molecule has 2 unspecified atom stereocenters. The molecule has 112 valence electrons. The molecule has 2 N–H and O–H groups in total. The first-order chi connectivity index (χ1) is 9.26. The number of hydrogen-bond acceptors (Lipinski definition) is 3. The molecule has 2 atom stereocenters. The van der Waals surface area contributed by atoms with Gasteiger partial charge in [-0.15, -0.1) is 0 Å². The fraction of sp³-hybridized carbons (Fsp3) is 0.500. The van der Waals surface area contributed by atoms with Crippen molar-refractivity contribution in [1.82, 2.24) is 4.72 Å². The maximum absolute atomic E-state index is 12.2. The van der Waals surface area contributed by atoms with Crippen LogP contribution < -0.4 is 4.72 Å². The van der Waals surface area contributed by atoms with Crippen molar-refractivity contribution in [3.05, 3.63) is 29.8 Å². The second kappa shape index (κ2) is 6.85. The number of nitrogens with one attached hydrogen (secondary N) is 1. The molecule has 0 radical (unpaired) electrons. The molecule has 0 heterocycles. The summed E-state index contributed by atoms with van der Waals surface area (Å²) < 4.78 is 26.9. The van der Waals surface area contributed by atoms with Crippen molar-refractivity contribution < 1.29 is 18.3 Å². The minimum atomic E-state index is -3.68. The summed E-state index contributed by atoms with van der Waals surface area (Å²) in [6, 6.07) is 5.16. The summed E-state index contributed by atoms with van der Waals surface area (Å²) in [5, 5.41) is 8.89. The molecular formula is C14H21NO4S. The predicted molar refractivity (Wildman–Crippen MR) is 77.3 cm³/mol. The molecule has 6 heteroatoms. The van der Waals surface area contributed by atoms with Gasteiger partial charge < -0.3 is 5.11 Å². The normalized spacial score (nSPS) is 14.8. The highest BCUT2D eigenvalue weighted by Gasteiger charge is 2.19.